The maximum absolute atomic E-state index is 5.42. The Morgan fingerprint density at radius 3 is 1.48 bits per heavy atom. The molecule has 0 spiro atoms. The van der Waals surface area contributed by atoms with Gasteiger partial charge in [-0.3, -0.25) is 0 Å². The maximum atomic E-state index is 5.42. The smallest absolute Gasteiger partial charge is 0.0815 e. The molecule has 0 atom stereocenters. The zero-order chi connectivity index (χ0) is 31.9. The molecule has 0 saturated carbocycles. The van der Waals surface area contributed by atoms with Crippen molar-refractivity contribution >= 4 is 58.3 Å². The molecular formula is C44H31ClFeN4. The summed E-state index contributed by atoms with van der Waals surface area (Å²) in [6, 6.07) is 53.0. The van der Waals surface area contributed by atoms with Crippen LogP contribution in [0, 0.1) is 0 Å². The zero-order valence-electron chi connectivity index (χ0n) is 26.8. The Balaban J connectivity index is 0.00000196. The van der Waals surface area contributed by atoms with Crippen LogP contribution in [0.15, 0.2) is 152 Å². The molecule has 5 heterocycles. The first kappa shape index (κ1) is 32.8. The van der Waals surface area contributed by atoms with E-state index in [4.69, 9.17) is 9.97 Å². The molecule has 0 amide bonds. The van der Waals surface area contributed by atoms with Gasteiger partial charge in [0, 0.05) is 55.9 Å². The van der Waals surface area contributed by atoms with Crippen LogP contribution in [0.4, 0.5) is 0 Å². The fourth-order valence-corrected chi connectivity index (χ4v) is 6.78. The van der Waals surface area contributed by atoms with Crippen LogP contribution in [0.5, 0.6) is 0 Å². The number of rotatable bonds is 4. The number of nitrogens with zero attached hydrogens (tertiary/aromatic N) is 2. The van der Waals surface area contributed by atoms with Crippen molar-refractivity contribution in [2.45, 2.75) is 0 Å². The van der Waals surface area contributed by atoms with Gasteiger partial charge in [0.2, 0.25) is 0 Å². The van der Waals surface area contributed by atoms with E-state index in [2.05, 4.69) is 180 Å². The third kappa shape index (κ3) is 6.15. The number of fused-ring (bicyclic) bond motifs is 8. The van der Waals surface area contributed by atoms with Crippen LogP contribution in [0.2, 0.25) is 0 Å². The van der Waals surface area contributed by atoms with Gasteiger partial charge in [0.1, 0.15) is 0 Å². The van der Waals surface area contributed by atoms with Crippen LogP contribution in [0.25, 0.3) is 79.2 Å². The Labute approximate surface area is 307 Å². The SMILES string of the molecule is C1=Cc2cc3[nH]c(c(-c4ccccc4)c4nc(cc5ccc(cc1n2)[nH]5)C=C4c1ccccc1)c(-c1ccccc1)c3-c1ccccc1.Cl.[Fe]. The average Bonchev–Trinajstić information content (AvgIpc) is 3.94. The van der Waals surface area contributed by atoms with E-state index in [1.165, 1.54) is 0 Å². The molecule has 6 heteroatoms. The Morgan fingerprint density at radius 1 is 0.420 bits per heavy atom. The van der Waals surface area contributed by atoms with Crippen LogP contribution in [0.3, 0.4) is 0 Å². The first-order valence-electron chi connectivity index (χ1n) is 16.2. The summed E-state index contributed by atoms with van der Waals surface area (Å²) in [6.07, 6.45) is 6.35. The van der Waals surface area contributed by atoms with Crippen molar-refractivity contribution in [1.29, 1.82) is 0 Å². The minimum Gasteiger partial charge on any atom is -0.355 e. The molecule has 9 rings (SSSR count). The van der Waals surface area contributed by atoms with Gasteiger partial charge in [0.25, 0.3) is 0 Å². The van der Waals surface area contributed by atoms with E-state index >= 15 is 0 Å². The predicted molar refractivity (Wildman–Crippen MR) is 207 cm³/mol. The summed E-state index contributed by atoms with van der Waals surface area (Å²) in [6.45, 7) is 0. The van der Waals surface area contributed by atoms with Crippen LogP contribution >= 0.6 is 12.4 Å². The maximum Gasteiger partial charge on any atom is 0.0815 e. The van der Waals surface area contributed by atoms with Crippen LogP contribution in [0.1, 0.15) is 28.3 Å². The topological polar surface area (TPSA) is 57.4 Å². The van der Waals surface area contributed by atoms with E-state index in [1.54, 1.807) is 0 Å². The molecule has 0 unspecified atom stereocenters. The Hall–Kier alpha value is -5.71. The molecule has 7 aromatic rings. The fourth-order valence-electron chi connectivity index (χ4n) is 6.78. The largest absolute Gasteiger partial charge is 0.355 e. The standard InChI is InChI=1S/C44H30N4.ClH.Fe/c1-5-13-29(14-6-1)38-27-37-26-35-22-21-33(45-35)25-34-23-24-36(46-34)28-39-40(30-15-7-2-8-16-30)41(31-17-9-3-10-18-31)44(48-39)42(43(38)47-37)32-19-11-4-12-20-32;;/h1-28,45,48H;1H;. The molecule has 3 aromatic heterocycles. The van der Waals surface area contributed by atoms with E-state index in [0.717, 1.165) is 89.4 Å². The zero-order valence-corrected chi connectivity index (χ0v) is 28.7. The summed E-state index contributed by atoms with van der Waals surface area (Å²) < 4.78 is 0. The van der Waals surface area contributed by atoms with Gasteiger partial charge in [-0.25, -0.2) is 9.97 Å². The molecule has 4 aromatic carbocycles. The van der Waals surface area contributed by atoms with Crippen molar-refractivity contribution in [3.63, 3.8) is 0 Å². The van der Waals surface area contributed by atoms with Crippen molar-refractivity contribution in [3.05, 3.63) is 180 Å². The molecule has 0 aliphatic carbocycles. The molecule has 0 fully saturated rings. The summed E-state index contributed by atoms with van der Waals surface area (Å²) in [7, 11) is 0. The van der Waals surface area contributed by atoms with E-state index in [9.17, 15) is 0 Å². The number of halogens is 1. The van der Waals surface area contributed by atoms with Crippen LogP contribution < -0.4 is 0 Å². The molecular weight excluding hydrogens is 676 g/mol. The number of hydrogen-bond acceptors (Lipinski definition) is 2. The fraction of sp³-hybridized carbons (Fsp3) is 0. The number of aromatic nitrogens is 4. The number of nitrogens with one attached hydrogen (secondary N) is 2. The van der Waals surface area contributed by atoms with Gasteiger partial charge in [-0.15, -0.1) is 12.4 Å². The number of hydrogen-bond donors (Lipinski definition) is 2. The van der Waals surface area contributed by atoms with Crippen molar-refractivity contribution in [1.82, 2.24) is 19.9 Å². The van der Waals surface area contributed by atoms with Crippen molar-refractivity contribution in [3.8, 4) is 33.4 Å². The second-order valence-electron chi connectivity index (χ2n) is 12.0. The summed E-state index contributed by atoms with van der Waals surface area (Å²) in [5.41, 5.74) is 16.3. The van der Waals surface area contributed by atoms with E-state index in [-0.39, 0.29) is 29.5 Å². The van der Waals surface area contributed by atoms with Crippen LogP contribution in [-0.2, 0) is 17.1 Å². The number of H-pyrrole nitrogens is 2. The third-order valence-electron chi connectivity index (χ3n) is 8.89. The summed E-state index contributed by atoms with van der Waals surface area (Å²) in [5, 5.41) is 0. The average molecular weight is 707 g/mol. The minimum atomic E-state index is 0. The predicted octanol–water partition coefficient (Wildman–Crippen LogP) is 11.5. The molecule has 50 heavy (non-hydrogen) atoms. The molecule has 2 N–H and O–H groups in total. The minimum absolute atomic E-state index is 0. The van der Waals surface area contributed by atoms with Gasteiger partial charge in [-0.1, -0.05) is 121 Å². The molecule has 0 saturated heterocycles. The summed E-state index contributed by atoms with van der Waals surface area (Å²) in [4.78, 5) is 17.9. The van der Waals surface area contributed by atoms with Crippen LogP contribution in [-0.4, -0.2) is 19.9 Å². The van der Waals surface area contributed by atoms with Gasteiger partial charge in [0.15, 0.2) is 0 Å². The first-order valence-corrected chi connectivity index (χ1v) is 16.2. The molecule has 242 valence electrons. The van der Waals surface area contributed by atoms with Crippen molar-refractivity contribution < 1.29 is 17.1 Å². The van der Waals surface area contributed by atoms with Gasteiger partial charge in [-0.2, -0.15) is 0 Å². The molecule has 0 radical (unpaired) electrons. The van der Waals surface area contributed by atoms with Crippen molar-refractivity contribution in [2.24, 2.45) is 0 Å². The second-order valence-corrected chi connectivity index (χ2v) is 12.0. The van der Waals surface area contributed by atoms with Crippen molar-refractivity contribution in [2.75, 3.05) is 0 Å². The molecule has 4 nitrogen and oxygen atoms in total. The van der Waals surface area contributed by atoms with Gasteiger partial charge < -0.3 is 9.97 Å². The normalized spacial score (nSPS) is 11.7. The van der Waals surface area contributed by atoms with E-state index < -0.39 is 0 Å². The van der Waals surface area contributed by atoms with Gasteiger partial charge in [-0.05, 0) is 70.8 Å². The summed E-state index contributed by atoms with van der Waals surface area (Å²) >= 11 is 0. The summed E-state index contributed by atoms with van der Waals surface area (Å²) in [5.74, 6) is 0. The molecule has 2 aliphatic rings. The monoisotopic (exact) mass is 706 g/mol. The third-order valence-corrected chi connectivity index (χ3v) is 8.89. The van der Waals surface area contributed by atoms with Gasteiger partial charge >= 0.3 is 0 Å². The Morgan fingerprint density at radius 2 is 0.900 bits per heavy atom. The van der Waals surface area contributed by atoms with E-state index in [1.807, 2.05) is 0 Å². The number of aromatic amines is 2. The molecule has 2 aliphatic heterocycles. The Kier molecular flexibility index (Phi) is 9.21. The first-order chi connectivity index (χ1) is 23.8. The number of benzene rings is 4. The molecule has 8 bridgehead atoms. The van der Waals surface area contributed by atoms with Gasteiger partial charge in [0.05, 0.1) is 28.3 Å². The second kappa shape index (κ2) is 14.0. The van der Waals surface area contributed by atoms with E-state index in [0.29, 0.717) is 0 Å². The Bertz CT molecular complexity index is 2540. The quantitative estimate of drug-likeness (QED) is 0.179.